The van der Waals surface area contributed by atoms with Crippen LogP contribution in [-0.4, -0.2) is 47.2 Å². The Morgan fingerprint density at radius 2 is 1.76 bits per heavy atom. The van der Waals surface area contributed by atoms with Crippen LogP contribution in [-0.2, 0) is 6.54 Å². The number of rotatable bonds is 5. The van der Waals surface area contributed by atoms with E-state index < -0.39 is 0 Å². The van der Waals surface area contributed by atoms with Crippen LogP contribution in [0.5, 0.6) is 0 Å². The Kier molecular flexibility index (Phi) is 5.39. The molecule has 2 saturated heterocycles. The van der Waals surface area contributed by atoms with Crippen LogP contribution >= 0.6 is 11.6 Å². The van der Waals surface area contributed by atoms with Crippen molar-refractivity contribution in [2.24, 2.45) is 0 Å². The van der Waals surface area contributed by atoms with Crippen LogP contribution in [0.2, 0.25) is 5.02 Å². The molecule has 4 nitrogen and oxygen atoms in total. The molecular formula is C20H27ClN4. The van der Waals surface area contributed by atoms with E-state index in [1.54, 1.807) is 0 Å². The van der Waals surface area contributed by atoms with Gasteiger partial charge in [0.2, 0.25) is 0 Å². The predicted octanol–water partition coefficient (Wildman–Crippen LogP) is 3.77. The minimum Gasteiger partial charge on any atom is -0.333 e. The first-order valence-electron chi connectivity index (χ1n) is 9.56. The van der Waals surface area contributed by atoms with E-state index in [0.717, 1.165) is 42.5 Å². The Labute approximate surface area is 155 Å². The number of benzene rings is 1. The van der Waals surface area contributed by atoms with E-state index in [0.29, 0.717) is 5.92 Å². The summed E-state index contributed by atoms with van der Waals surface area (Å²) in [5.74, 6) is 1.84. The van der Waals surface area contributed by atoms with Gasteiger partial charge < -0.3 is 14.8 Å². The highest BCUT2D eigenvalue weighted by Crippen LogP contribution is 2.28. The van der Waals surface area contributed by atoms with Gasteiger partial charge in [0.1, 0.15) is 5.82 Å². The lowest BCUT2D eigenvalue weighted by atomic mass is 9.97. The van der Waals surface area contributed by atoms with Gasteiger partial charge in [0.25, 0.3) is 0 Å². The first-order chi connectivity index (χ1) is 12.3. The fraction of sp³-hybridized carbons (Fsp3) is 0.550. The molecule has 0 saturated carbocycles. The fourth-order valence-electron chi connectivity index (χ4n) is 4.03. The summed E-state index contributed by atoms with van der Waals surface area (Å²) in [6, 6.07) is 8.04. The number of imidazole rings is 1. The standard InChI is InChI=1S/C20H27ClN4/c21-18-5-3-16(4-6-18)19-15-25(14-13-24-11-1-2-12-24)20(23-19)17-7-9-22-10-8-17/h3-6,15,17,22H,1-2,7-14H2. The minimum absolute atomic E-state index is 0.570. The van der Waals surface area contributed by atoms with E-state index >= 15 is 0 Å². The molecule has 1 aromatic heterocycles. The maximum Gasteiger partial charge on any atom is 0.112 e. The van der Waals surface area contributed by atoms with Gasteiger partial charge in [-0.3, -0.25) is 0 Å². The van der Waals surface area contributed by atoms with E-state index in [2.05, 4.69) is 33.1 Å². The second-order valence-electron chi connectivity index (χ2n) is 7.26. The number of hydrogen-bond acceptors (Lipinski definition) is 3. The summed E-state index contributed by atoms with van der Waals surface area (Å²) in [5, 5.41) is 4.24. The molecule has 2 fully saturated rings. The lowest BCUT2D eigenvalue weighted by Gasteiger charge is -2.24. The van der Waals surface area contributed by atoms with Crippen LogP contribution in [0.25, 0.3) is 11.3 Å². The third-order valence-corrected chi connectivity index (χ3v) is 5.76. The molecule has 3 heterocycles. The van der Waals surface area contributed by atoms with Crippen molar-refractivity contribution in [2.45, 2.75) is 38.1 Å². The Hall–Kier alpha value is -1.36. The van der Waals surface area contributed by atoms with Gasteiger partial charge in [-0.1, -0.05) is 23.7 Å². The minimum atomic E-state index is 0.570. The Balaban J connectivity index is 1.58. The average molecular weight is 359 g/mol. The van der Waals surface area contributed by atoms with Crippen molar-refractivity contribution in [1.29, 1.82) is 0 Å². The normalized spacial score (nSPS) is 19.6. The molecule has 0 atom stereocenters. The van der Waals surface area contributed by atoms with Crippen LogP contribution in [0.3, 0.4) is 0 Å². The summed E-state index contributed by atoms with van der Waals surface area (Å²) in [6.45, 7) is 6.87. The highest BCUT2D eigenvalue weighted by atomic mass is 35.5. The van der Waals surface area contributed by atoms with E-state index in [-0.39, 0.29) is 0 Å². The molecule has 2 aliphatic rings. The van der Waals surface area contributed by atoms with Crippen molar-refractivity contribution in [2.75, 3.05) is 32.7 Å². The van der Waals surface area contributed by atoms with Crippen molar-refractivity contribution in [3.63, 3.8) is 0 Å². The van der Waals surface area contributed by atoms with Gasteiger partial charge >= 0.3 is 0 Å². The summed E-state index contributed by atoms with van der Waals surface area (Å²) in [6.07, 6.45) is 7.31. The van der Waals surface area contributed by atoms with Crippen molar-refractivity contribution in [1.82, 2.24) is 19.8 Å². The first-order valence-corrected chi connectivity index (χ1v) is 9.93. The Morgan fingerprint density at radius 1 is 1.04 bits per heavy atom. The Bertz CT molecular complexity index is 682. The quantitative estimate of drug-likeness (QED) is 0.883. The number of piperidine rings is 1. The van der Waals surface area contributed by atoms with Crippen molar-refractivity contribution < 1.29 is 0 Å². The molecule has 4 rings (SSSR count). The topological polar surface area (TPSA) is 33.1 Å². The summed E-state index contributed by atoms with van der Waals surface area (Å²) < 4.78 is 2.41. The zero-order chi connectivity index (χ0) is 17.1. The molecule has 134 valence electrons. The number of likely N-dealkylation sites (tertiary alicyclic amines) is 1. The average Bonchev–Trinajstić information content (AvgIpc) is 3.31. The summed E-state index contributed by atoms with van der Waals surface area (Å²) in [5.41, 5.74) is 2.23. The van der Waals surface area contributed by atoms with Gasteiger partial charge in [0, 0.05) is 35.8 Å². The summed E-state index contributed by atoms with van der Waals surface area (Å²) in [4.78, 5) is 7.63. The van der Waals surface area contributed by atoms with Crippen LogP contribution < -0.4 is 5.32 Å². The predicted molar refractivity (Wildman–Crippen MR) is 103 cm³/mol. The molecule has 2 aliphatic heterocycles. The zero-order valence-corrected chi connectivity index (χ0v) is 15.5. The SMILES string of the molecule is Clc1ccc(-c2cn(CCN3CCCC3)c(C3CCNCC3)n2)cc1. The molecule has 0 radical (unpaired) electrons. The number of hydrogen-bond donors (Lipinski definition) is 1. The smallest absolute Gasteiger partial charge is 0.112 e. The number of aromatic nitrogens is 2. The van der Waals surface area contributed by atoms with Crippen molar-refractivity contribution in [3.8, 4) is 11.3 Å². The molecule has 0 unspecified atom stereocenters. The maximum absolute atomic E-state index is 6.04. The lowest BCUT2D eigenvalue weighted by molar-refractivity contribution is 0.316. The van der Waals surface area contributed by atoms with Gasteiger partial charge in [0.15, 0.2) is 0 Å². The fourth-order valence-corrected chi connectivity index (χ4v) is 4.16. The van der Waals surface area contributed by atoms with Crippen LogP contribution in [0, 0.1) is 0 Å². The van der Waals surface area contributed by atoms with Crippen LogP contribution in [0.1, 0.15) is 37.4 Å². The van der Waals surface area contributed by atoms with E-state index in [1.807, 2.05) is 12.1 Å². The third-order valence-electron chi connectivity index (χ3n) is 5.51. The van der Waals surface area contributed by atoms with Crippen LogP contribution in [0.4, 0.5) is 0 Å². The third kappa shape index (κ3) is 4.08. The first kappa shape index (κ1) is 17.1. The van der Waals surface area contributed by atoms with E-state index in [1.165, 1.54) is 44.6 Å². The molecule has 2 aromatic rings. The molecule has 0 bridgehead atoms. The Morgan fingerprint density at radius 3 is 2.48 bits per heavy atom. The van der Waals surface area contributed by atoms with Gasteiger partial charge in [0.05, 0.1) is 5.69 Å². The second kappa shape index (κ2) is 7.90. The van der Waals surface area contributed by atoms with Gasteiger partial charge in [-0.25, -0.2) is 4.98 Å². The van der Waals surface area contributed by atoms with Crippen LogP contribution in [0.15, 0.2) is 30.5 Å². The number of nitrogens with zero attached hydrogens (tertiary/aromatic N) is 3. The summed E-state index contributed by atoms with van der Waals surface area (Å²) in [7, 11) is 0. The zero-order valence-electron chi connectivity index (χ0n) is 14.8. The molecule has 1 aromatic carbocycles. The molecule has 0 aliphatic carbocycles. The van der Waals surface area contributed by atoms with E-state index in [9.17, 15) is 0 Å². The molecular weight excluding hydrogens is 332 g/mol. The highest BCUT2D eigenvalue weighted by molar-refractivity contribution is 6.30. The molecule has 25 heavy (non-hydrogen) atoms. The largest absolute Gasteiger partial charge is 0.333 e. The van der Waals surface area contributed by atoms with Crippen molar-refractivity contribution in [3.05, 3.63) is 41.3 Å². The van der Waals surface area contributed by atoms with Gasteiger partial charge in [-0.15, -0.1) is 0 Å². The number of nitrogens with one attached hydrogen (secondary N) is 1. The summed E-state index contributed by atoms with van der Waals surface area (Å²) >= 11 is 6.04. The molecule has 1 N–H and O–H groups in total. The molecule has 0 spiro atoms. The molecule has 5 heteroatoms. The lowest BCUT2D eigenvalue weighted by Crippen LogP contribution is -2.29. The molecule has 0 amide bonds. The van der Waals surface area contributed by atoms with E-state index in [4.69, 9.17) is 16.6 Å². The monoisotopic (exact) mass is 358 g/mol. The maximum atomic E-state index is 6.04. The van der Waals surface area contributed by atoms with Gasteiger partial charge in [-0.2, -0.15) is 0 Å². The van der Waals surface area contributed by atoms with Crippen molar-refractivity contribution >= 4 is 11.6 Å². The highest BCUT2D eigenvalue weighted by Gasteiger charge is 2.22. The number of halogens is 1. The van der Waals surface area contributed by atoms with Gasteiger partial charge in [-0.05, 0) is 64.0 Å². The second-order valence-corrected chi connectivity index (χ2v) is 7.69.